The van der Waals surface area contributed by atoms with E-state index in [1.54, 1.807) is 24.3 Å². The molecule has 0 saturated heterocycles. The minimum atomic E-state index is -4.44. The van der Waals surface area contributed by atoms with Gasteiger partial charge in [-0.3, -0.25) is 0 Å². The van der Waals surface area contributed by atoms with Gasteiger partial charge in [-0.15, -0.1) is 35.3 Å². The Kier molecular flexibility index (Phi) is 11.3. The normalized spacial score (nSPS) is 11.9. The number of alkyl halides is 5. The Balaban J connectivity index is 0.00000450. The standard InChI is InChI=1S/C18H21F5N4OS.HI/c1-2-24-17(25-7-6-16-27-14(11-29-16)18(21,22)23)26-9-12-4-3-5-13(8-12)28-10-15(19)20;/h3-5,8,11,15H,2,6-7,9-10H2,1H3,(H2,24,25,26);1H. The second-order valence-corrected chi connectivity index (χ2v) is 6.79. The van der Waals surface area contributed by atoms with E-state index < -0.39 is 24.9 Å². The van der Waals surface area contributed by atoms with Crippen molar-refractivity contribution in [2.75, 3.05) is 19.7 Å². The first-order chi connectivity index (χ1) is 13.8. The van der Waals surface area contributed by atoms with Crippen LogP contribution in [-0.4, -0.2) is 37.1 Å². The van der Waals surface area contributed by atoms with Crippen molar-refractivity contribution in [2.45, 2.75) is 32.5 Å². The fourth-order valence-electron chi connectivity index (χ4n) is 2.25. The smallest absolute Gasteiger partial charge is 0.434 e. The van der Waals surface area contributed by atoms with Gasteiger partial charge in [-0.1, -0.05) is 12.1 Å². The van der Waals surface area contributed by atoms with Crippen LogP contribution in [-0.2, 0) is 19.1 Å². The van der Waals surface area contributed by atoms with E-state index in [-0.39, 0.29) is 30.5 Å². The topological polar surface area (TPSA) is 58.5 Å². The van der Waals surface area contributed by atoms with E-state index in [2.05, 4.69) is 20.6 Å². The average molecular weight is 564 g/mol. The first kappa shape index (κ1) is 26.3. The van der Waals surface area contributed by atoms with Crippen LogP contribution < -0.4 is 15.4 Å². The van der Waals surface area contributed by atoms with Crippen molar-refractivity contribution in [3.63, 3.8) is 0 Å². The first-order valence-electron chi connectivity index (χ1n) is 8.81. The molecule has 0 unspecified atom stereocenters. The number of guanidine groups is 1. The Morgan fingerprint density at radius 3 is 2.67 bits per heavy atom. The van der Waals surface area contributed by atoms with Crippen molar-refractivity contribution in [2.24, 2.45) is 4.99 Å². The summed E-state index contributed by atoms with van der Waals surface area (Å²) in [5, 5.41) is 7.45. The first-order valence-corrected chi connectivity index (χ1v) is 9.69. The van der Waals surface area contributed by atoms with Gasteiger partial charge in [0.2, 0.25) is 0 Å². The van der Waals surface area contributed by atoms with E-state index in [9.17, 15) is 22.0 Å². The lowest BCUT2D eigenvalue weighted by atomic mass is 10.2. The van der Waals surface area contributed by atoms with Crippen molar-refractivity contribution in [3.8, 4) is 5.75 Å². The number of aliphatic imine (C=N–C) groups is 1. The summed E-state index contributed by atoms with van der Waals surface area (Å²) < 4.78 is 67.2. The van der Waals surface area contributed by atoms with Crippen LogP contribution in [0, 0.1) is 0 Å². The minimum absolute atomic E-state index is 0. The summed E-state index contributed by atoms with van der Waals surface area (Å²) in [6.07, 6.45) is -6.67. The maximum atomic E-state index is 12.6. The number of halogens is 6. The van der Waals surface area contributed by atoms with Crippen molar-refractivity contribution in [1.29, 1.82) is 0 Å². The molecule has 0 radical (unpaired) electrons. The van der Waals surface area contributed by atoms with E-state index in [1.807, 2.05) is 6.92 Å². The Hall–Kier alpha value is -1.70. The van der Waals surface area contributed by atoms with Crippen molar-refractivity contribution < 1.29 is 26.7 Å². The van der Waals surface area contributed by atoms with Gasteiger partial charge in [-0.25, -0.2) is 18.8 Å². The summed E-state index contributed by atoms with van der Waals surface area (Å²) in [6, 6.07) is 6.69. The number of benzene rings is 1. The van der Waals surface area contributed by atoms with Crippen LogP contribution in [0.15, 0.2) is 34.6 Å². The summed E-state index contributed by atoms with van der Waals surface area (Å²) in [6.45, 7) is 2.43. The molecule has 1 aromatic carbocycles. The molecule has 0 aliphatic heterocycles. The lowest BCUT2D eigenvalue weighted by molar-refractivity contribution is -0.140. The lowest BCUT2D eigenvalue weighted by Crippen LogP contribution is -2.38. The molecule has 0 aliphatic rings. The highest BCUT2D eigenvalue weighted by Crippen LogP contribution is 2.30. The molecule has 168 valence electrons. The number of nitrogens with zero attached hydrogens (tertiary/aromatic N) is 2. The largest absolute Gasteiger partial charge is 0.488 e. The summed E-state index contributed by atoms with van der Waals surface area (Å²) in [5.41, 5.74) is -0.115. The zero-order valence-corrected chi connectivity index (χ0v) is 19.2. The molecular weight excluding hydrogens is 542 g/mol. The predicted molar refractivity (Wildman–Crippen MR) is 117 cm³/mol. The number of aromatic nitrogens is 1. The molecule has 0 atom stereocenters. The monoisotopic (exact) mass is 564 g/mol. The second-order valence-electron chi connectivity index (χ2n) is 5.85. The number of hydrogen-bond acceptors (Lipinski definition) is 4. The Bertz CT molecular complexity index is 801. The zero-order chi connectivity index (χ0) is 21.3. The number of hydrogen-bond donors (Lipinski definition) is 2. The molecule has 0 amide bonds. The fourth-order valence-corrected chi connectivity index (χ4v) is 3.05. The van der Waals surface area contributed by atoms with Crippen LogP contribution in [0.25, 0.3) is 0 Å². The van der Waals surface area contributed by atoms with E-state index in [4.69, 9.17) is 4.74 Å². The van der Waals surface area contributed by atoms with Gasteiger partial charge in [-0.2, -0.15) is 13.2 Å². The van der Waals surface area contributed by atoms with Crippen molar-refractivity contribution in [3.05, 3.63) is 45.9 Å². The Morgan fingerprint density at radius 2 is 2.03 bits per heavy atom. The van der Waals surface area contributed by atoms with Gasteiger partial charge in [0.05, 0.1) is 11.6 Å². The summed E-state index contributed by atoms with van der Waals surface area (Å²) in [5.74, 6) is 0.819. The SMILES string of the molecule is CCNC(=NCc1cccc(OCC(F)F)c1)NCCc1nc(C(F)(F)F)cs1.I. The van der Waals surface area contributed by atoms with Gasteiger partial charge in [0, 0.05) is 24.9 Å². The molecule has 0 fully saturated rings. The van der Waals surface area contributed by atoms with Crippen molar-refractivity contribution >= 4 is 41.3 Å². The number of rotatable bonds is 9. The van der Waals surface area contributed by atoms with Crippen LogP contribution in [0.4, 0.5) is 22.0 Å². The van der Waals surface area contributed by atoms with E-state index in [1.165, 1.54) is 0 Å². The molecule has 0 spiro atoms. The van der Waals surface area contributed by atoms with Crippen LogP contribution >= 0.6 is 35.3 Å². The fraction of sp³-hybridized carbons (Fsp3) is 0.444. The van der Waals surface area contributed by atoms with E-state index in [0.717, 1.165) is 22.3 Å². The molecule has 5 nitrogen and oxygen atoms in total. The quantitative estimate of drug-likeness (QED) is 0.200. The summed E-state index contributed by atoms with van der Waals surface area (Å²) in [7, 11) is 0. The minimum Gasteiger partial charge on any atom is -0.488 e. The molecule has 0 saturated carbocycles. The van der Waals surface area contributed by atoms with Gasteiger partial charge in [-0.05, 0) is 24.6 Å². The number of nitrogens with one attached hydrogen (secondary N) is 2. The number of thiazole rings is 1. The maximum absolute atomic E-state index is 12.6. The Morgan fingerprint density at radius 1 is 1.27 bits per heavy atom. The third kappa shape index (κ3) is 9.41. The predicted octanol–water partition coefficient (Wildman–Crippen LogP) is 4.72. The second kappa shape index (κ2) is 12.9. The van der Waals surface area contributed by atoms with Crippen LogP contribution in [0.3, 0.4) is 0 Å². The van der Waals surface area contributed by atoms with Crippen LogP contribution in [0.2, 0.25) is 0 Å². The Labute approximate surface area is 192 Å². The average Bonchev–Trinajstić information content (AvgIpc) is 3.14. The van der Waals surface area contributed by atoms with Gasteiger partial charge in [0.25, 0.3) is 6.43 Å². The summed E-state index contributed by atoms with van der Waals surface area (Å²) in [4.78, 5) is 7.97. The van der Waals surface area contributed by atoms with Crippen LogP contribution in [0.1, 0.15) is 23.2 Å². The lowest BCUT2D eigenvalue weighted by Gasteiger charge is -2.11. The molecule has 2 rings (SSSR count). The van der Waals surface area contributed by atoms with Gasteiger partial charge in [0.15, 0.2) is 11.7 Å². The third-order valence-corrected chi connectivity index (χ3v) is 4.42. The van der Waals surface area contributed by atoms with E-state index in [0.29, 0.717) is 36.2 Å². The molecule has 12 heteroatoms. The maximum Gasteiger partial charge on any atom is 0.434 e. The molecular formula is C18H22F5IN4OS. The van der Waals surface area contributed by atoms with Gasteiger partial charge < -0.3 is 15.4 Å². The molecule has 0 bridgehead atoms. The molecule has 30 heavy (non-hydrogen) atoms. The molecule has 1 aromatic heterocycles. The molecule has 0 aliphatic carbocycles. The number of ether oxygens (including phenoxy) is 1. The van der Waals surface area contributed by atoms with Crippen LogP contribution in [0.5, 0.6) is 5.75 Å². The molecule has 2 N–H and O–H groups in total. The molecule has 1 heterocycles. The zero-order valence-electron chi connectivity index (χ0n) is 16.0. The summed E-state index contributed by atoms with van der Waals surface area (Å²) >= 11 is 0.961. The highest BCUT2D eigenvalue weighted by atomic mass is 127. The highest BCUT2D eigenvalue weighted by molar-refractivity contribution is 14.0. The third-order valence-electron chi connectivity index (χ3n) is 3.51. The highest BCUT2D eigenvalue weighted by Gasteiger charge is 2.33. The molecule has 2 aromatic rings. The van der Waals surface area contributed by atoms with E-state index >= 15 is 0 Å². The van der Waals surface area contributed by atoms with Gasteiger partial charge in [0.1, 0.15) is 12.4 Å². The van der Waals surface area contributed by atoms with Crippen molar-refractivity contribution in [1.82, 2.24) is 15.6 Å². The van der Waals surface area contributed by atoms with Gasteiger partial charge >= 0.3 is 6.18 Å².